The number of carbonyl (C=O) groups excluding carboxylic acids is 1. The lowest BCUT2D eigenvalue weighted by Crippen LogP contribution is -2.28. The Morgan fingerprint density at radius 1 is 1.30 bits per heavy atom. The third-order valence-corrected chi connectivity index (χ3v) is 3.78. The van der Waals surface area contributed by atoms with Gasteiger partial charge in [-0.3, -0.25) is 14.6 Å². The smallest absolute Gasteiger partial charge is 0.303 e. The minimum atomic E-state index is -0.757. The van der Waals surface area contributed by atoms with Crippen LogP contribution in [0.4, 0.5) is 0 Å². The van der Waals surface area contributed by atoms with E-state index in [9.17, 15) is 9.59 Å². The molecule has 0 spiro atoms. The topological polar surface area (TPSA) is 70.5 Å². The molecule has 1 N–H and O–H groups in total. The van der Waals surface area contributed by atoms with Crippen LogP contribution < -0.4 is 0 Å². The van der Waals surface area contributed by atoms with Crippen LogP contribution in [0.5, 0.6) is 0 Å². The average molecular weight is 276 g/mol. The maximum Gasteiger partial charge on any atom is 0.303 e. The molecule has 108 valence electrons. The molecular weight excluding hydrogens is 256 g/mol. The van der Waals surface area contributed by atoms with E-state index in [1.165, 1.54) is 0 Å². The van der Waals surface area contributed by atoms with Gasteiger partial charge in [-0.25, -0.2) is 0 Å². The van der Waals surface area contributed by atoms with E-state index < -0.39 is 5.97 Å². The van der Waals surface area contributed by atoms with Crippen LogP contribution in [0, 0.1) is 5.92 Å². The Kier molecular flexibility index (Phi) is 5.09. The molecule has 5 nitrogen and oxygen atoms in total. The summed E-state index contributed by atoms with van der Waals surface area (Å²) in [5.74, 6) is -0.247. The van der Waals surface area contributed by atoms with Gasteiger partial charge in [0.15, 0.2) is 0 Å². The first-order valence-electron chi connectivity index (χ1n) is 7.03. The molecule has 1 aromatic heterocycles. The largest absolute Gasteiger partial charge is 0.481 e. The van der Waals surface area contributed by atoms with Crippen LogP contribution in [0.25, 0.3) is 0 Å². The van der Waals surface area contributed by atoms with Gasteiger partial charge in [0, 0.05) is 38.3 Å². The number of pyridine rings is 1. The first-order chi connectivity index (χ1) is 9.65. The van der Waals surface area contributed by atoms with Crippen molar-refractivity contribution in [3.8, 4) is 0 Å². The Labute approximate surface area is 118 Å². The van der Waals surface area contributed by atoms with Crippen molar-refractivity contribution in [3.63, 3.8) is 0 Å². The number of rotatable bonds is 6. The number of carboxylic acid groups (broad SMARTS) is 1. The van der Waals surface area contributed by atoms with Crippen molar-refractivity contribution in [2.75, 3.05) is 13.1 Å². The van der Waals surface area contributed by atoms with Gasteiger partial charge in [0.1, 0.15) is 0 Å². The van der Waals surface area contributed by atoms with E-state index in [0.29, 0.717) is 25.3 Å². The summed E-state index contributed by atoms with van der Waals surface area (Å²) in [4.78, 5) is 28.5. The summed E-state index contributed by atoms with van der Waals surface area (Å²) in [5.41, 5.74) is 1.12. The quantitative estimate of drug-likeness (QED) is 0.859. The molecule has 0 aromatic carbocycles. The molecule has 1 unspecified atom stereocenters. The number of aryl methyl sites for hydroxylation is 1. The maximum atomic E-state index is 12.1. The molecule has 0 aliphatic carbocycles. The Hall–Kier alpha value is -1.91. The van der Waals surface area contributed by atoms with Crippen LogP contribution in [-0.4, -0.2) is 40.0 Å². The lowest BCUT2D eigenvalue weighted by molar-refractivity contribution is -0.137. The predicted octanol–water partition coefficient (Wildman–Crippen LogP) is 1.73. The summed E-state index contributed by atoms with van der Waals surface area (Å²) in [5, 5.41) is 8.67. The molecule has 2 rings (SSSR count). The molecule has 20 heavy (non-hydrogen) atoms. The Morgan fingerprint density at radius 3 is 2.75 bits per heavy atom. The van der Waals surface area contributed by atoms with E-state index in [4.69, 9.17) is 5.11 Å². The molecule has 1 fully saturated rings. The highest BCUT2D eigenvalue weighted by Gasteiger charge is 2.26. The van der Waals surface area contributed by atoms with Gasteiger partial charge in [0.2, 0.25) is 5.91 Å². The first kappa shape index (κ1) is 14.5. The van der Waals surface area contributed by atoms with Gasteiger partial charge in [0.05, 0.1) is 0 Å². The molecule has 1 aliphatic heterocycles. The number of amides is 1. The van der Waals surface area contributed by atoms with Crippen LogP contribution in [0.3, 0.4) is 0 Å². The van der Waals surface area contributed by atoms with Crippen molar-refractivity contribution in [3.05, 3.63) is 30.1 Å². The highest BCUT2D eigenvalue weighted by atomic mass is 16.4. The highest BCUT2D eigenvalue weighted by Crippen LogP contribution is 2.21. The number of hydrogen-bond acceptors (Lipinski definition) is 3. The van der Waals surface area contributed by atoms with E-state index in [-0.39, 0.29) is 12.3 Å². The van der Waals surface area contributed by atoms with E-state index in [1.54, 1.807) is 12.4 Å². The Morgan fingerprint density at radius 2 is 2.05 bits per heavy atom. The van der Waals surface area contributed by atoms with Crippen molar-refractivity contribution in [2.45, 2.75) is 32.1 Å². The first-order valence-corrected chi connectivity index (χ1v) is 7.03. The lowest BCUT2D eigenvalue weighted by atomic mass is 10.0. The highest BCUT2D eigenvalue weighted by molar-refractivity contribution is 5.76. The molecule has 2 heterocycles. The zero-order valence-electron chi connectivity index (χ0n) is 11.5. The summed E-state index contributed by atoms with van der Waals surface area (Å²) >= 11 is 0. The standard InChI is InChI=1S/C15H20N2O3/c18-14(3-1-12-5-8-16-9-6-12)17-10-7-13(11-17)2-4-15(19)20/h5-6,8-9,13H,1-4,7,10-11H2,(H,19,20). The Bertz CT molecular complexity index is 461. The van der Waals surface area contributed by atoms with Crippen molar-refractivity contribution in [1.82, 2.24) is 9.88 Å². The fourth-order valence-electron chi connectivity index (χ4n) is 2.58. The number of carboxylic acids is 1. The van der Waals surface area contributed by atoms with E-state index in [1.807, 2.05) is 17.0 Å². The van der Waals surface area contributed by atoms with Gasteiger partial charge in [0.25, 0.3) is 0 Å². The molecule has 1 atom stereocenters. The number of likely N-dealkylation sites (tertiary alicyclic amines) is 1. The minimum Gasteiger partial charge on any atom is -0.481 e. The second-order valence-corrected chi connectivity index (χ2v) is 5.28. The van der Waals surface area contributed by atoms with Crippen LogP contribution >= 0.6 is 0 Å². The summed E-state index contributed by atoms with van der Waals surface area (Å²) < 4.78 is 0. The lowest BCUT2D eigenvalue weighted by Gasteiger charge is -2.16. The fraction of sp³-hybridized carbons (Fsp3) is 0.533. The third kappa shape index (κ3) is 4.33. The molecule has 5 heteroatoms. The second-order valence-electron chi connectivity index (χ2n) is 5.28. The van der Waals surface area contributed by atoms with Gasteiger partial charge < -0.3 is 10.0 Å². The number of hydrogen-bond donors (Lipinski definition) is 1. The molecule has 0 radical (unpaired) electrons. The predicted molar refractivity (Wildman–Crippen MR) is 74.1 cm³/mol. The minimum absolute atomic E-state index is 0.166. The van der Waals surface area contributed by atoms with Crippen LogP contribution in [0.15, 0.2) is 24.5 Å². The van der Waals surface area contributed by atoms with Crippen molar-refractivity contribution in [1.29, 1.82) is 0 Å². The molecule has 1 amide bonds. The SMILES string of the molecule is O=C(O)CCC1CCN(C(=O)CCc2ccncc2)C1. The summed E-state index contributed by atoms with van der Waals surface area (Å²) in [6, 6.07) is 3.85. The molecule has 1 aliphatic rings. The molecule has 1 saturated heterocycles. The van der Waals surface area contributed by atoms with Crippen molar-refractivity contribution >= 4 is 11.9 Å². The van der Waals surface area contributed by atoms with Gasteiger partial charge >= 0.3 is 5.97 Å². The fourth-order valence-corrected chi connectivity index (χ4v) is 2.58. The zero-order valence-corrected chi connectivity index (χ0v) is 11.5. The maximum absolute atomic E-state index is 12.1. The second kappa shape index (κ2) is 7.03. The Balaban J connectivity index is 1.73. The molecule has 0 bridgehead atoms. The number of carbonyl (C=O) groups is 2. The van der Waals surface area contributed by atoms with Gasteiger partial charge in [-0.15, -0.1) is 0 Å². The molecular formula is C15H20N2O3. The van der Waals surface area contributed by atoms with E-state index >= 15 is 0 Å². The summed E-state index contributed by atoms with van der Waals surface area (Å²) in [6.45, 7) is 1.47. The van der Waals surface area contributed by atoms with E-state index in [0.717, 1.165) is 24.9 Å². The molecule has 1 aromatic rings. The zero-order chi connectivity index (χ0) is 14.4. The number of nitrogens with zero attached hydrogens (tertiary/aromatic N) is 2. The summed E-state index contributed by atoms with van der Waals surface area (Å²) in [6.07, 6.45) is 6.50. The summed E-state index contributed by atoms with van der Waals surface area (Å²) in [7, 11) is 0. The average Bonchev–Trinajstić information content (AvgIpc) is 2.92. The van der Waals surface area contributed by atoms with E-state index in [2.05, 4.69) is 4.98 Å². The number of aromatic nitrogens is 1. The van der Waals surface area contributed by atoms with Crippen molar-refractivity contribution < 1.29 is 14.7 Å². The van der Waals surface area contributed by atoms with Crippen LogP contribution in [-0.2, 0) is 16.0 Å². The number of aliphatic carboxylic acids is 1. The third-order valence-electron chi connectivity index (χ3n) is 3.78. The van der Waals surface area contributed by atoms with Gasteiger partial charge in [-0.1, -0.05) is 0 Å². The van der Waals surface area contributed by atoms with Gasteiger partial charge in [-0.05, 0) is 42.9 Å². The monoisotopic (exact) mass is 276 g/mol. The van der Waals surface area contributed by atoms with Crippen LogP contribution in [0.1, 0.15) is 31.2 Å². The molecule has 0 saturated carbocycles. The van der Waals surface area contributed by atoms with Gasteiger partial charge in [-0.2, -0.15) is 0 Å². The van der Waals surface area contributed by atoms with Crippen molar-refractivity contribution in [2.24, 2.45) is 5.92 Å². The normalized spacial score (nSPS) is 18.2. The van der Waals surface area contributed by atoms with Crippen LogP contribution in [0.2, 0.25) is 0 Å².